The molecule has 0 radical (unpaired) electrons. The van der Waals surface area contributed by atoms with E-state index in [-0.39, 0.29) is 11.5 Å². The normalized spacial score (nSPS) is 17.2. The molecule has 2 fully saturated rings. The number of Topliss-reactive ketones (excluding diaryl/α,β-unsaturated/α-hetero) is 1. The van der Waals surface area contributed by atoms with Gasteiger partial charge in [0.15, 0.2) is 0 Å². The van der Waals surface area contributed by atoms with Gasteiger partial charge in [-0.05, 0) is 48.9 Å². The smallest absolute Gasteiger partial charge is 0.208 e. The largest absolute Gasteiger partial charge is 0.457 e. The van der Waals surface area contributed by atoms with Crippen molar-refractivity contribution in [1.82, 2.24) is 0 Å². The van der Waals surface area contributed by atoms with Gasteiger partial charge in [0.1, 0.15) is 11.5 Å². The van der Waals surface area contributed by atoms with E-state index in [0.717, 1.165) is 98.0 Å². The summed E-state index contributed by atoms with van der Waals surface area (Å²) in [6.45, 7) is 7.27. The van der Waals surface area contributed by atoms with Gasteiger partial charge in [0, 0.05) is 78.9 Å². The first kappa shape index (κ1) is 32.1. The number of ketones is 1. The van der Waals surface area contributed by atoms with E-state index in [4.69, 9.17) is 30.5 Å². The highest BCUT2D eigenvalue weighted by molar-refractivity contribution is 6.53. The van der Waals surface area contributed by atoms with Gasteiger partial charge >= 0.3 is 0 Å². The number of anilines is 2. The molecule has 1 N–H and O–H groups in total. The molecule has 3 aromatic rings. The van der Waals surface area contributed by atoms with Crippen LogP contribution in [0.4, 0.5) is 11.4 Å². The standard InChI is InChI=1S/C38H44ClN3O5/c39-13-3-1-2-4-18-44-19-20-45-21-22-46-26-27-7-10-30-33(23-27)38(37(40)36(30)43)31-11-8-28(41-14-5-15-41)24-34(31)47-35-25-29(9-12-32(35)38)42-16-6-17-42/h7-12,23-25,40H,1-6,13-22,26H2. The Morgan fingerprint density at radius 3 is 1.89 bits per heavy atom. The SMILES string of the molecule is N=C1C(=O)c2ccc(COCCOCCOCCCCCCCl)cc2C12c1ccc(N3CCC3)cc1Oc1cc(N3CCC3)ccc12. The maximum Gasteiger partial charge on any atom is 0.208 e. The molecule has 0 aromatic heterocycles. The maximum absolute atomic E-state index is 13.8. The Hall–Kier alpha value is -3.43. The number of halogens is 1. The first-order valence-corrected chi connectivity index (χ1v) is 17.7. The predicted molar refractivity (Wildman–Crippen MR) is 185 cm³/mol. The fourth-order valence-corrected chi connectivity index (χ4v) is 7.28. The number of fused-ring (bicyclic) bond motifs is 6. The van der Waals surface area contributed by atoms with Crippen molar-refractivity contribution >= 4 is 34.5 Å². The van der Waals surface area contributed by atoms with Crippen LogP contribution in [0.5, 0.6) is 11.5 Å². The van der Waals surface area contributed by atoms with Crippen LogP contribution in [0.3, 0.4) is 0 Å². The van der Waals surface area contributed by atoms with Crippen LogP contribution in [-0.2, 0) is 26.2 Å². The highest BCUT2D eigenvalue weighted by Crippen LogP contribution is 2.57. The summed E-state index contributed by atoms with van der Waals surface area (Å²) in [5.41, 5.74) is 5.25. The molecule has 47 heavy (non-hydrogen) atoms. The second-order valence-corrected chi connectivity index (χ2v) is 13.2. The molecular formula is C38H44ClN3O5. The van der Waals surface area contributed by atoms with Crippen molar-refractivity contribution in [2.24, 2.45) is 0 Å². The first-order chi connectivity index (χ1) is 23.1. The molecule has 3 aliphatic heterocycles. The number of alkyl halides is 1. The lowest BCUT2D eigenvalue weighted by molar-refractivity contribution is 0.0100. The first-order valence-electron chi connectivity index (χ1n) is 17.1. The number of benzene rings is 3. The number of hydrogen-bond donors (Lipinski definition) is 1. The number of unbranched alkanes of at least 4 members (excludes halogenated alkanes) is 3. The van der Waals surface area contributed by atoms with E-state index in [1.807, 2.05) is 12.1 Å². The number of rotatable bonds is 16. The van der Waals surface area contributed by atoms with Gasteiger partial charge in [-0.2, -0.15) is 0 Å². The molecule has 2 saturated heterocycles. The molecule has 9 heteroatoms. The fourth-order valence-electron chi connectivity index (χ4n) is 7.09. The molecular weight excluding hydrogens is 614 g/mol. The van der Waals surface area contributed by atoms with Crippen LogP contribution in [0.15, 0.2) is 54.6 Å². The van der Waals surface area contributed by atoms with E-state index < -0.39 is 5.41 Å². The zero-order chi connectivity index (χ0) is 32.2. The lowest BCUT2D eigenvalue weighted by Crippen LogP contribution is -2.40. The minimum Gasteiger partial charge on any atom is -0.457 e. The van der Waals surface area contributed by atoms with E-state index >= 15 is 0 Å². The number of carbonyl (C=O) groups is 1. The Bertz CT molecular complexity index is 1560. The molecule has 8 nitrogen and oxygen atoms in total. The van der Waals surface area contributed by atoms with Crippen LogP contribution in [0.25, 0.3) is 0 Å². The third-order valence-corrected chi connectivity index (χ3v) is 10.2. The van der Waals surface area contributed by atoms with Gasteiger partial charge in [-0.15, -0.1) is 11.6 Å². The van der Waals surface area contributed by atoms with Gasteiger partial charge in [0.25, 0.3) is 0 Å². The molecule has 7 rings (SSSR count). The summed E-state index contributed by atoms with van der Waals surface area (Å²) in [5, 5.41) is 9.41. The average molecular weight is 658 g/mol. The average Bonchev–Trinajstić information content (AvgIpc) is 3.24. The van der Waals surface area contributed by atoms with Crippen LogP contribution >= 0.6 is 11.6 Å². The lowest BCUT2D eigenvalue weighted by Gasteiger charge is -2.40. The monoisotopic (exact) mass is 657 g/mol. The van der Waals surface area contributed by atoms with Crippen LogP contribution in [0.1, 0.15) is 71.1 Å². The van der Waals surface area contributed by atoms with Gasteiger partial charge in [-0.25, -0.2) is 0 Å². The van der Waals surface area contributed by atoms with Crippen molar-refractivity contribution < 1.29 is 23.7 Å². The van der Waals surface area contributed by atoms with Crippen LogP contribution in [0, 0.1) is 5.41 Å². The van der Waals surface area contributed by atoms with Gasteiger partial charge < -0.3 is 28.7 Å². The summed E-state index contributed by atoms with van der Waals surface area (Å²) in [7, 11) is 0. The molecule has 1 aliphatic carbocycles. The summed E-state index contributed by atoms with van der Waals surface area (Å²) in [5.74, 6) is 1.91. The van der Waals surface area contributed by atoms with Gasteiger partial charge in [-0.1, -0.05) is 43.2 Å². The number of nitrogens with zero attached hydrogens (tertiary/aromatic N) is 2. The molecule has 0 atom stereocenters. The van der Waals surface area contributed by atoms with Crippen LogP contribution in [-0.4, -0.2) is 76.6 Å². The molecule has 0 bridgehead atoms. The van der Waals surface area contributed by atoms with Gasteiger partial charge in [0.05, 0.1) is 44.2 Å². The molecule has 1 spiro atoms. The molecule has 248 valence electrons. The molecule has 3 heterocycles. The fraction of sp³-hybridized carbons (Fsp3) is 0.474. The minimum atomic E-state index is -1.06. The van der Waals surface area contributed by atoms with Crippen molar-refractivity contribution in [2.45, 2.75) is 50.5 Å². The van der Waals surface area contributed by atoms with Crippen LogP contribution < -0.4 is 14.5 Å². The Kier molecular flexibility index (Phi) is 9.82. The number of hydrogen-bond acceptors (Lipinski definition) is 8. The summed E-state index contributed by atoms with van der Waals surface area (Å²) >= 11 is 5.72. The zero-order valence-electron chi connectivity index (χ0n) is 27.0. The number of nitrogens with one attached hydrogen (secondary N) is 1. The van der Waals surface area contributed by atoms with E-state index in [0.29, 0.717) is 50.1 Å². The van der Waals surface area contributed by atoms with E-state index in [1.165, 1.54) is 12.8 Å². The lowest BCUT2D eigenvalue weighted by atomic mass is 9.67. The van der Waals surface area contributed by atoms with E-state index in [9.17, 15) is 10.2 Å². The zero-order valence-corrected chi connectivity index (χ0v) is 27.8. The van der Waals surface area contributed by atoms with Crippen molar-refractivity contribution in [3.05, 3.63) is 82.4 Å². The Balaban J connectivity index is 1.08. The Morgan fingerprint density at radius 2 is 1.30 bits per heavy atom. The second kappa shape index (κ2) is 14.4. The summed E-state index contributed by atoms with van der Waals surface area (Å²) < 4.78 is 24.0. The third-order valence-electron chi connectivity index (χ3n) is 9.92. The van der Waals surface area contributed by atoms with E-state index in [2.05, 4.69) is 52.3 Å². The molecule has 4 aliphatic rings. The third kappa shape index (κ3) is 6.17. The van der Waals surface area contributed by atoms with E-state index in [1.54, 1.807) is 0 Å². The van der Waals surface area contributed by atoms with Crippen molar-refractivity contribution in [3.63, 3.8) is 0 Å². The van der Waals surface area contributed by atoms with Gasteiger partial charge in [-0.3, -0.25) is 10.2 Å². The minimum absolute atomic E-state index is 0.0654. The van der Waals surface area contributed by atoms with Crippen LogP contribution in [0.2, 0.25) is 0 Å². The summed E-state index contributed by atoms with van der Waals surface area (Å²) in [4.78, 5) is 18.5. The highest BCUT2D eigenvalue weighted by atomic mass is 35.5. The second-order valence-electron chi connectivity index (χ2n) is 12.9. The topological polar surface area (TPSA) is 84.3 Å². The molecule has 0 saturated carbocycles. The molecule has 3 aromatic carbocycles. The quantitative estimate of drug-likeness (QED) is 0.130. The summed E-state index contributed by atoms with van der Waals surface area (Å²) in [6.07, 6.45) is 6.77. The Morgan fingerprint density at radius 1 is 0.702 bits per heavy atom. The summed E-state index contributed by atoms with van der Waals surface area (Å²) in [6, 6.07) is 18.4. The van der Waals surface area contributed by atoms with Crippen molar-refractivity contribution in [3.8, 4) is 11.5 Å². The van der Waals surface area contributed by atoms with Crippen molar-refractivity contribution in [1.29, 1.82) is 5.41 Å². The highest BCUT2D eigenvalue weighted by Gasteiger charge is 2.55. The number of ether oxygens (including phenoxy) is 4. The molecule has 0 amide bonds. The van der Waals surface area contributed by atoms with Crippen molar-refractivity contribution in [2.75, 3.05) is 74.9 Å². The number of carbonyl (C=O) groups excluding carboxylic acids is 1. The molecule has 0 unspecified atom stereocenters. The maximum atomic E-state index is 13.8. The predicted octanol–water partition coefficient (Wildman–Crippen LogP) is 7.11. The van der Waals surface area contributed by atoms with Gasteiger partial charge in [0.2, 0.25) is 5.78 Å². The Labute approximate surface area is 282 Å².